The van der Waals surface area contributed by atoms with Gasteiger partial charge in [0.2, 0.25) is 0 Å². The van der Waals surface area contributed by atoms with Crippen LogP contribution in [-0.4, -0.2) is 13.7 Å². The van der Waals surface area contributed by atoms with Crippen LogP contribution in [0.15, 0.2) is 60.7 Å². The quantitative estimate of drug-likeness (QED) is 0.622. The van der Waals surface area contributed by atoms with E-state index in [1.54, 1.807) is 7.48 Å². The minimum absolute atomic E-state index is 0.0578. The predicted molar refractivity (Wildman–Crippen MR) is 72.4 cm³/mol. The third-order valence-corrected chi connectivity index (χ3v) is 2.35. The fraction of sp³-hybridized carbons (Fsp3) is 0.143. The van der Waals surface area contributed by atoms with Crippen LogP contribution in [0, 0.1) is 0 Å². The van der Waals surface area contributed by atoms with E-state index in [4.69, 9.17) is 4.65 Å². The summed E-state index contributed by atoms with van der Waals surface area (Å²) in [6.45, 7) is 1.98. The molecule has 0 saturated heterocycles. The number of benzene rings is 2. The summed E-state index contributed by atoms with van der Waals surface area (Å²) < 4.78 is 5.60. The predicted octanol–water partition coefficient (Wildman–Crippen LogP) is 2.41. The highest BCUT2D eigenvalue weighted by Crippen LogP contribution is 2.06. The zero-order chi connectivity index (χ0) is 11.9. The van der Waals surface area contributed by atoms with Gasteiger partial charge < -0.3 is 9.97 Å². The molecule has 0 saturated carbocycles. The third-order valence-electron chi connectivity index (χ3n) is 2.35. The first kappa shape index (κ1) is 11.7. The molecule has 3 heteroatoms. The molecule has 1 radical (unpaired) electrons. The second-order valence-corrected chi connectivity index (χ2v) is 3.82. The molecule has 0 aliphatic carbocycles. The van der Waals surface area contributed by atoms with Crippen molar-refractivity contribution in [2.45, 2.75) is 13.2 Å². The summed E-state index contributed by atoms with van der Waals surface area (Å²) in [5.41, 5.74) is 2.12. The van der Waals surface area contributed by atoms with Crippen LogP contribution in [0.3, 0.4) is 0 Å². The largest absolute Gasteiger partial charge is 0.416 e. The van der Waals surface area contributed by atoms with E-state index in [1.165, 1.54) is 0 Å². The van der Waals surface area contributed by atoms with Crippen LogP contribution in [0.1, 0.15) is 6.92 Å². The highest BCUT2D eigenvalue weighted by Gasteiger charge is 2.03. The average Bonchev–Trinajstić information content (AvgIpc) is 2.39. The molecule has 2 rings (SSSR count). The molecule has 85 valence electrons. The monoisotopic (exact) mass is 224 g/mol. The fourth-order valence-electron chi connectivity index (χ4n) is 1.52. The summed E-state index contributed by atoms with van der Waals surface area (Å²) in [7, 11) is 1.76. The smallest absolute Gasteiger partial charge is 0.332 e. The lowest BCUT2D eigenvalue weighted by molar-refractivity contribution is 0.269. The zero-order valence-corrected chi connectivity index (χ0v) is 9.84. The average molecular weight is 224 g/mol. The van der Waals surface area contributed by atoms with Crippen molar-refractivity contribution >= 4 is 18.6 Å². The molecular weight excluding hydrogens is 209 g/mol. The molecule has 0 aliphatic rings. The van der Waals surface area contributed by atoms with Gasteiger partial charge >= 0.3 is 7.48 Å². The first-order valence-corrected chi connectivity index (χ1v) is 5.70. The van der Waals surface area contributed by atoms with Crippen LogP contribution in [0.4, 0.5) is 5.69 Å². The van der Waals surface area contributed by atoms with Crippen molar-refractivity contribution in [1.82, 2.24) is 0 Å². The van der Waals surface area contributed by atoms with Gasteiger partial charge in [-0.2, -0.15) is 0 Å². The molecule has 0 heterocycles. The van der Waals surface area contributed by atoms with Crippen molar-refractivity contribution in [3.63, 3.8) is 0 Å². The molecule has 2 aromatic rings. The lowest BCUT2D eigenvalue weighted by Gasteiger charge is -2.15. The molecule has 0 spiro atoms. The maximum atomic E-state index is 5.60. The van der Waals surface area contributed by atoms with Gasteiger partial charge in [0, 0.05) is 5.69 Å². The lowest BCUT2D eigenvalue weighted by Crippen LogP contribution is -2.27. The van der Waals surface area contributed by atoms with Crippen molar-refractivity contribution < 1.29 is 4.65 Å². The van der Waals surface area contributed by atoms with E-state index in [2.05, 4.69) is 5.32 Å². The van der Waals surface area contributed by atoms with Crippen LogP contribution in [0.25, 0.3) is 0 Å². The van der Waals surface area contributed by atoms with Gasteiger partial charge in [0.25, 0.3) is 0 Å². The van der Waals surface area contributed by atoms with Gasteiger partial charge in [-0.25, -0.2) is 0 Å². The standard InChI is InChI=1S/C14H15BNO/c1-12(16-14-10-6-3-7-11-14)17-15-13-8-4-2-5-9-13/h2-12,16H,1H3. The SMILES string of the molecule is CC(Nc1ccccc1)O[B]c1ccccc1. The van der Waals surface area contributed by atoms with Crippen LogP contribution in [-0.2, 0) is 4.65 Å². The summed E-state index contributed by atoms with van der Waals surface area (Å²) in [5, 5.41) is 3.26. The highest BCUT2D eigenvalue weighted by molar-refractivity contribution is 6.46. The van der Waals surface area contributed by atoms with Crippen LogP contribution in [0.5, 0.6) is 0 Å². The lowest BCUT2D eigenvalue weighted by atomic mass is 9.88. The van der Waals surface area contributed by atoms with E-state index in [0.717, 1.165) is 11.2 Å². The summed E-state index contributed by atoms with van der Waals surface area (Å²) in [6.07, 6.45) is -0.0578. The van der Waals surface area contributed by atoms with E-state index >= 15 is 0 Å². The number of rotatable bonds is 5. The Balaban J connectivity index is 1.80. The number of anilines is 1. The van der Waals surface area contributed by atoms with Crippen molar-refractivity contribution in [1.29, 1.82) is 0 Å². The molecule has 1 unspecified atom stereocenters. The molecule has 0 fully saturated rings. The normalized spacial score (nSPS) is 11.8. The second-order valence-electron chi connectivity index (χ2n) is 3.82. The molecule has 2 nitrogen and oxygen atoms in total. The molecule has 17 heavy (non-hydrogen) atoms. The molecule has 2 aromatic carbocycles. The van der Waals surface area contributed by atoms with Gasteiger partial charge in [-0.1, -0.05) is 54.0 Å². The topological polar surface area (TPSA) is 21.3 Å². The van der Waals surface area contributed by atoms with Crippen molar-refractivity contribution in [2.24, 2.45) is 0 Å². The highest BCUT2D eigenvalue weighted by atomic mass is 16.5. The number of hydrogen-bond acceptors (Lipinski definition) is 2. The van der Waals surface area contributed by atoms with E-state index in [9.17, 15) is 0 Å². The van der Waals surface area contributed by atoms with Gasteiger partial charge in [-0.15, -0.1) is 0 Å². The summed E-state index contributed by atoms with van der Waals surface area (Å²) in [5.74, 6) is 0. The second kappa shape index (κ2) is 6.11. The van der Waals surface area contributed by atoms with E-state index in [0.29, 0.717) is 0 Å². The summed E-state index contributed by atoms with van der Waals surface area (Å²) in [6, 6.07) is 20.0. The zero-order valence-electron chi connectivity index (χ0n) is 9.84. The molecular formula is C14H15BNO. The Morgan fingerprint density at radius 3 is 2.18 bits per heavy atom. The summed E-state index contributed by atoms with van der Waals surface area (Å²) >= 11 is 0. The Bertz CT molecular complexity index is 432. The fourth-order valence-corrected chi connectivity index (χ4v) is 1.52. The van der Waals surface area contributed by atoms with E-state index in [-0.39, 0.29) is 6.23 Å². The Kier molecular flexibility index (Phi) is 4.22. The van der Waals surface area contributed by atoms with E-state index < -0.39 is 0 Å². The van der Waals surface area contributed by atoms with Crippen molar-refractivity contribution in [3.05, 3.63) is 60.7 Å². The maximum Gasteiger partial charge on any atom is 0.332 e. The number of hydrogen-bond donors (Lipinski definition) is 1. The van der Waals surface area contributed by atoms with Gasteiger partial charge in [0.05, 0.1) is 0 Å². The van der Waals surface area contributed by atoms with Crippen LogP contribution >= 0.6 is 0 Å². The van der Waals surface area contributed by atoms with Crippen LogP contribution in [0.2, 0.25) is 0 Å². The van der Waals surface area contributed by atoms with Gasteiger partial charge in [-0.3, -0.25) is 0 Å². The van der Waals surface area contributed by atoms with Gasteiger partial charge in [0.15, 0.2) is 0 Å². The Morgan fingerprint density at radius 2 is 1.53 bits per heavy atom. The Labute approximate surface area is 103 Å². The third kappa shape index (κ3) is 3.96. The molecule has 0 amide bonds. The van der Waals surface area contributed by atoms with Crippen molar-refractivity contribution in [2.75, 3.05) is 5.32 Å². The first-order valence-electron chi connectivity index (χ1n) is 5.70. The molecule has 0 bridgehead atoms. The van der Waals surface area contributed by atoms with Gasteiger partial charge in [-0.05, 0) is 19.1 Å². The Morgan fingerprint density at radius 1 is 0.941 bits per heavy atom. The molecule has 0 aromatic heterocycles. The van der Waals surface area contributed by atoms with Gasteiger partial charge in [0.1, 0.15) is 6.23 Å². The minimum atomic E-state index is -0.0578. The molecule has 0 aliphatic heterocycles. The number of para-hydroxylation sites is 1. The molecule has 1 N–H and O–H groups in total. The first-order chi connectivity index (χ1) is 8.34. The van der Waals surface area contributed by atoms with E-state index in [1.807, 2.05) is 67.6 Å². The van der Waals surface area contributed by atoms with Crippen LogP contribution < -0.4 is 10.8 Å². The Hall–Kier alpha value is -1.74. The van der Waals surface area contributed by atoms with Crippen molar-refractivity contribution in [3.8, 4) is 0 Å². The number of nitrogens with one attached hydrogen (secondary N) is 1. The summed E-state index contributed by atoms with van der Waals surface area (Å²) in [4.78, 5) is 0. The maximum absolute atomic E-state index is 5.60. The molecule has 1 atom stereocenters. The minimum Gasteiger partial charge on any atom is -0.416 e.